The van der Waals surface area contributed by atoms with Crippen LogP contribution in [0.25, 0.3) is 0 Å². The predicted molar refractivity (Wildman–Crippen MR) is 65.9 cm³/mol. The summed E-state index contributed by atoms with van der Waals surface area (Å²) in [6, 6.07) is 7.34. The normalized spacial score (nSPS) is 24.1. The Bertz CT molecular complexity index is 369. The Morgan fingerprint density at radius 3 is 2.94 bits per heavy atom. The summed E-state index contributed by atoms with van der Waals surface area (Å²) in [6.07, 6.45) is 6.26. The van der Waals surface area contributed by atoms with Crippen LogP contribution in [0.3, 0.4) is 0 Å². The van der Waals surface area contributed by atoms with E-state index in [0.29, 0.717) is 6.04 Å². The number of benzene rings is 1. The number of anilines is 1. The van der Waals surface area contributed by atoms with E-state index in [4.69, 9.17) is 4.74 Å². The second-order valence-electron chi connectivity index (χ2n) is 4.90. The zero-order valence-electron chi connectivity index (χ0n) is 9.67. The number of fused-ring (bicyclic) bond motifs is 1. The van der Waals surface area contributed by atoms with E-state index in [9.17, 15) is 0 Å². The Morgan fingerprint density at radius 2 is 2.06 bits per heavy atom. The van der Waals surface area contributed by atoms with E-state index in [0.717, 1.165) is 13.2 Å². The van der Waals surface area contributed by atoms with Crippen molar-refractivity contribution < 1.29 is 4.74 Å². The molecule has 2 heteroatoms. The second-order valence-corrected chi connectivity index (χ2v) is 4.90. The molecule has 0 radical (unpaired) electrons. The summed E-state index contributed by atoms with van der Waals surface area (Å²) in [5, 5.41) is 3.59. The van der Waals surface area contributed by atoms with Crippen LogP contribution >= 0.6 is 0 Å². The smallest absolute Gasteiger partial charge is 0.0667 e. The molecule has 16 heavy (non-hydrogen) atoms. The summed E-state index contributed by atoms with van der Waals surface area (Å²) in [4.78, 5) is 0. The molecule has 1 aliphatic carbocycles. The van der Waals surface area contributed by atoms with Gasteiger partial charge in [0.05, 0.1) is 6.61 Å². The zero-order chi connectivity index (χ0) is 10.8. The molecule has 2 aliphatic rings. The van der Waals surface area contributed by atoms with E-state index >= 15 is 0 Å². The fourth-order valence-corrected chi connectivity index (χ4v) is 2.75. The van der Waals surface area contributed by atoms with Gasteiger partial charge in [0.2, 0.25) is 0 Å². The Balaban J connectivity index is 1.69. The number of hydrogen-bond donors (Lipinski definition) is 1. The van der Waals surface area contributed by atoms with Crippen molar-refractivity contribution in [3.05, 3.63) is 29.3 Å². The highest BCUT2D eigenvalue weighted by atomic mass is 16.5. The van der Waals surface area contributed by atoms with Crippen molar-refractivity contribution in [1.29, 1.82) is 0 Å². The molecule has 1 unspecified atom stereocenters. The highest BCUT2D eigenvalue weighted by molar-refractivity contribution is 5.50. The van der Waals surface area contributed by atoms with Gasteiger partial charge in [0.1, 0.15) is 0 Å². The lowest BCUT2D eigenvalue weighted by Crippen LogP contribution is -2.29. The van der Waals surface area contributed by atoms with Gasteiger partial charge >= 0.3 is 0 Å². The minimum atomic E-state index is 0.508. The lowest BCUT2D eigenvalue weighted by molar-refractivity contribution is 0.0876. The third-order valence-corrected chi connectivity index (χ3v) is 3.63. The molecule has 0 amide bonds. The predicted octanol–water partition coefficient (Wildman–Crippen LogP) is 2.77. The molecule has 0 aromatic heterocycles. The van der Waals surface area contributed by atoms with Crippen LogP contribution in [0.15, 0.2) is 18.2 Å². The van der Waals surface area contributed by atoms with Crippen LogP contribution in [-0.2, 0) is 17.6 Å². The maximum atomic E-state index is 5.48. The van der Waals surface area contributed by atoms with Crippen molar-refractivity contribution in [1.82, 2.24) is 0 Å². The first kappa shape index (κ1) is 10.2. The molecular formula is C14H19NO. The van der Waals surface area contributed by atoms with Gasteiger partial charge in [0.15, 0.2) is 0 Å². The third kappa shape index (κ3) is 2.07. The van der Waals surface area contributed by atoms with E-state index in [1.807, 2.05) is 0 Å². The first-order valence-corrected chi connectivity index (χ1v) is 6.38. The molecule has 1 aromatic rings. The number of rotatable bonds is 2. The number of nitrogens with one attached hydrogen (secondary N) is 1. The summed E-state index contributed by atoms with van der Waals surface area (Å²) in [7, 11) is 0. The Kier molecular flexibility index (Phi) is 2.83. The van der Waals surface area contributed by atoms with Crippen LogP contribution in [0.4, 0.5) is 5.69 Å². The second kappa shape index (κ2) is 4.46. The van der Waals surface area contributed by atoms with Gasteiger partial charge in [-0.1, -0.05) is 6.07 Å². The van der Waals surface area contributed by atoms with Gasteiger partial charge < -0.3 is 10.1 Å². The van der Waals surface area contributed by atoms with Crippen molar-refractivity contribution in [2.75, 3.05) is 18.5 Å². The molecule has 86 valence electrons. The largest absolute Gasteiger partial charge is 0.380 e. The van der Waals surface area contributed by atoms with Crippen LogP contribution in [0.2, 0.25) is 0 Å². The summed E-state index contributed by atoms with van der Waals surface area (Å²) < 4.78 is 5.48. The fourth-order valence-electron chi connectivity index (χ4n) is 2.75. The lowest BCUT2D eigenvalue weighted by Gasteiger charge is -2.24. The van der Waals surface area contributed by atoms with Crippen molar-refractivity contribution in [3.8, 4) is 0 Å². The zero-order valence-corrected chi connectivity index (χ0v) is 9.67. The average Bonchev–Trinajstić information content (AvgIpc) is 2.77. The van der Waals surface area contributed by atoms with E-state index in [1.165, 1.54) is 37.8 Å². The molecule has 1 heterocycles. The summed E-state index contributed by atoms with van der Waals surface area (Å²) >= 11 is 0. The SMILES string of the molecule is c1cc2c(cc1NC1CCCOC1)CCC2. The molecule has 1 atom stereocenters. The highest BCUT2D eigenvalue weighted by Crippen LogP contribution is 2.25. The highest BCUT2D eigenvalue weighted by Gasteiger charge is 2.15. The van der Waals surface area contributed by atoms with E-state index in [2.05, 4.69) is 23.5 Å². The van der Waals surface area contributed by atoms with Gasteiger partial charge in [0, 0.05) is 18.3 Å². The minimum absolute atomic E-state index is 0.508. The number of ether oxygens (including phenoxy) is 1. The van der Waals surface area contributed by atoms with Crippen LogP contribution in [0.1, 0.15) is 30.4 Å². The maximum absolute atomic E-state index is 5.48. The Hall–Kier alpha value is -1.02. The molecule has 1 N–H and O–H groups in total. The average molecular weight is 217 g/mol. The lowest BCUT2D eigenvalue weighted by atomic mass is 10.1. The van der Waals surface area contributed by atoms with Crippen molar-refractivity contribution in [3.63, 3.8) is 0 Å². The van der Waals surface area contributed by atoms with E-state index in [-0.39, 0.29) is 0 Å². The first-order chi connectivity index (χ1) is 7.92. The molecule has 0 saturated carbocycles. The van der Waals surface area contributed by atoms with Crippen LogP contribution < -0.4 is 5.32 Å². The molecule has 1 aromatic carbocycles. The number of hydrogen-bond acceptors (Lipinski definition) is 2. The third-order valence-electron chi connectivity index (χ3n) is 3.63. The molecule has 2 nitrogen and oxygen atoms in total. The molecular weight excluding hydrogens is 198 g/mol. The topological polar surface area (TPSA) is 21.3 Å². The molecule has 1 saturated heterocycles. The van der Waals surface area contributed by atoms with Crippen LogP contribution in [0, 0.1) is 0 Å². The first-order valence-electron chi connectivity index (χ1n) is 6.38. The molecule has 1 fully saturated rings. The fraction of sp³-hybridized carbons (Fsp3) is 0.571. The van der Waals surface area contributed by atoms with Gasteiger partial charge in [-0.05, 0) is 55.4 Å². The number of aryl methyl sites for hydroxylation is 2. The van der Waals surface area contributed by atoms with Crippen molar-refractivity contribution in [2.45, 2.75) is 38.1 Å². The van der Waals surface area contributed by atoms with Crippen LogP contribution in [-0.4, -0.2) is 19.3 Å². The van der Waals surface area contributed by atoms with Gasteiger partial charge in [-0.3, -0.25) is 0 Å². The summed E-state index contributed by atoms with van der Waals surface area (Å²) in [5.41, 5.74) is 4.36. The monoisotopic (exact) mass is 217 g/mol. The molecule has 1 aliphatic heterocycles. The molecule has 0 bridgehead atoms. The van der Waals surface area contributed by atoms with E-state index in [1.54, 1.807) is 11.1 Å². The maximum Gasteiger partial charge on any atom is 0.0667 e. The Labute approximate surface area is 97.0 Å². The summed E-state index contributed by atoms with van der Waals surface area (Å²) in [6.45, 7) is 1.79. The quantitative estimate of drug-likeness (QED) is 0.822. The van der Waals surface area contributed by atoms with Crippen LogP contribution in [0.5, 0.6) is 0 Å². The molecule has 3 rings (SSSR count). The minimum Gasteiger partial charge on any atom is -0.380 e. The Morgan fingerprint density at radius 1 is 1.12 bits per heavy atom. The van der Waals surface area contributed by atoms with Crippen molar-refractivity contribution >= 4 is 5.69 Å². The van der Waals surface area contributed by atoms with Gasteiger partial charge in [-0.2, -0.15) is 0 Å². The van der Waals surface area contributed by atoms with Gasteiger partial charge in [0.25, 0.3) is 0 Å². The van der Waals surface area contributed by atoms with E-state index < -0.39 is 0 Å². The standard InChI is InChI=1S/C14H19NO/c1-3-11-6-7-13(9-12(11)4-1)15-14-5-2-8-16-10-14/h6-7,9,14-15H,1-5,8,10H2. The summed E-state index contributed by atoms with van der Waals surface area (Å²) in [5.74, 6) is 0. The van der Waals surface area contributed by atoms with Crippen molar-refractivity contribution in [2.24, 2.45) is 0 Å². The molecule has 0 spiro atoms. The van der Waals surface area contributed by atoms with Gasteiger partial charge in [-0.25, -0.2) is 0 Å². The van der Waals surface area contributed by atoms with Gasteiger partial charge in [-0.15, -0.1) is 0 Å².